The van der Waals surface area contributed by atoms with E-state index < -0.39 is 15.7 Å². The standard InChI is InChI=1S/C24H31N3O4S/c1-19(2)17-21-18-24(13-14-26(21)23(28)25-20-9-5-3-6-10-20)27(15-16-31-24)32(29,30)22-11-7-4-8-12-22/h3-12,19,21H,13-18H2,1-2H3,(H,25,28). The van der Waals surface area contributed by atoms with Gasteiger partial charge in [-0.25, -0.2) is 13.2 Å². The molecule has 7 nitrogen and oxygen atoms in total. The van der Waals surface area contributed by atoms with Crippen molar-refractivity contribution in [2.75, 3.05) is 25.0 Å². The van der Waals surface area contributed by atoms with Crippen LogP contribution in [0.1, 0.15) is 33.1 Å². The molecule has 0 saturated carbocycles. The van der Waals surface area contributed by atoms with Gasteiger partial charge in [0.05, 0.1) is 11.5 Å². The molecule has 0 radical (unpaired) electrons. The molecule has 2 aromatic rings. The van der Waals surface area contributed by atoms with Crippen LogP contribution in [-0.2, 0) is 14.8 Å². The number of para-hydroxylation sites is 1. The summed E-state index contributed by atoms with van der Waals surface area (Å²) in [5, 5.41) is 2.98. The van der Waals surface area contributed by atoms with E-state index in [-0.39, 0.29) is 17.0 Å². The predicted octanol–water partition coefficient (Wildman–Crippen LogP) is 4.15. The van der Waals surface area contributed by atoms with Gasteiger partial charge in [-0.1, -0.05) is 50.2 Å². The third-order valence-electron chi connectivity index (χ3n) is 6.22. The first-order valence-electron chi connectivity index (χ1n) is 11.2. The molecule has 2 unspecified atom stereocenters. The van der Waals surface area contributed by atoms with Crippen LogP contribution in [0.2, 0.25) is 0 Å². The molecule has 1 spiro atoms. The van der Waals surface area contributed by atoms with Gasteiger partial charge in [0.15, 0.2) is 0 Å². The predicted molar refractivity (Wildman–Crippen MR) is 124 cm³/mol. The number of rotatable bonds is 5. The molecule has 2 heterocycles. The minimum atomic E-state index is -3.70. The van der Waals surface area contributed by atoms with E-state index in [2.05, 4.69) is 19.2 Å². The van der Waals surface area contributed by atoms with Crippen molar-refractivity contribution in [1.82, 2.24) is 9.21 Å². The number of likely N-dealkylation sites (tertiary alicyclic amines) is 1. The van der Waals surface area contributed by atoms with Gasteiger partial charge in [0, 0.05) is 37.7 Å². The molecule has 2 fully saturated rings. The average molecular weight is 458 g/mol. The maximum Gasteiger partial charge on any atom is 0.322 e. The number of piperidine rings is 1. The minimum Gasteiger partial charge on any atom is -0.358 e. The summed E-state index contributed by atoms with van der Waals surface area (Å²) in [6.07, 6.45) is 1.67. The molecule has 1 N–H and O–H groups in total. The zero-order chi connectivity index (χ0) is 22.8. The first-order valence-corrected chi connectivity index (χ1v) is 12.6. The summed E-state index contributed by atoms with van der Waals surface area (Å²) in [4.78, 5) is 15.2. The maximum atomic E-state index is 13.4. The largest absolute Gasteiger partial charge is 0.358 e. The van der Waals surface area contributed by atoms with Gasteiger partial charge in [-0.15, -0.1) is 0 Å². The Hall–Kier alpha value is -2.42. The molecule has 2 aromatic carbocycles. The van der Waals surface area contributed by atoms with E-state index in [1.54, 1.807) is 30.3 Å². The summed E-state index contributed by atoms with van der Waals surface area (Å²) in [5.41, 5.74) is -0.177. The lowest BCUT2D eigenvalue weighted by atomic mass is 9.88. The molecular formula is C24H31N3O4S. The summed E-state index contributed by atoms with van der Waals surface area (Å²) >= 11 is 0. The lowest BCUT2D eigenvalue weighted by molar-refractivity contribution is -0.101. The summed E-state index contributed by atoms with van der Waals surface area (Å²) in [6.45, 7) is 5.33. The third kappa shape index (κ3) is 4.53. The van der Waals surface area contributed by atoms with Crippen molar-refractivity contribution in [2.45, 2.75) is 49.8 Å². The molecule has 2 atom stereocenters. The van der Waals surface area contributed by atoms with Gasteiger partial charge in [0.2, 0.25) is 10.0 Å². The zero-order valence-electron chi connectivity index (χ0n) is 18.6. The van der Waals surface area contributed by atoms with Gasteiger partial charge in [-0.05, 0) is 36.6 Å². The highest BCUT2D eigenvalue weighted by Crippen LogP contribution is 2.41. The molecule has 2 aliphatic rings. The maximum absolute atomic E-state index is 13.4. The van der Waals surface area contributed by atoms with Gasteiger partial charge in [-0.3, -0.25) is 0 Å². The quantitative estimate of drug-likeness (QED) is 0.732. The monoisotopic (exact) mass is 457 g/mol. The Kier molecular flexibility index (Phi) is 6.55. The van der Waals surface area contributed by atoms with E-state index in [0.29, 0.717) is 38.5 Å². The van der Waals surface area contributed by atoms with Gasteiger partial charge in [0.25, 0.3) is 0 Å². The number of anilines is 1. The normalized spacial score (nSPS) is 24.2. The van der Waals surface area contributed by atoms with Crippen molar-refractivity contribution in [2.24, 2.45) is 5.92 Å². The number of nitrogens with zero attached hydrogens (tertiary/aromatic N) is 2. The number of sulfonamides is 1. The Morgan fingerprint density at radius 3 is 2.41 bits per heavy atom. The summed E-state index contributed by atoms with van der Waals surface area (Å²) in [5.74, 6) is 0.350. The van der Waals surface area contributed by atoms with Crippen molar-refractivity contribution >= 4 is 21.7 Å². The molecule has 8 heteroatoms. The van der Waals surface area contributed by atoms with E-state index in [1.165, 1.54) is 4.31 Å². The number of amides is 2. The number of nitrogens with one attached hydrogen (secondary N) is 1. The SMILES string of the molecule is CC(C)CC1CC2(CCN1C(=O)Nc1ccccc1)OCCN2S(=O)(=O)c1ccccc1. The van der Waals surface area contributed by atoms with E-state index in [9.17, 15) is 13.2 Å². The van der Waals surface area contributed by atoms with E-state index in [0.717, 1.165) is 12.1 Å². The van der Waals surface area contributed by atoms with Crippen LogP contribution in [0.15, 0.2) is 65.6 Å². The molecule has 4 rings (SSSR count). The third-order valence-corrected chi connectivity index (χ3v) is 8.18. The second-order valence-electron chi connectivity index (χ2n) is 8.91. The van der Waals surface area contributed by atoms with Crippen LogP contribution in [0.5, 0.6) is 0 Å². The van der Waals surface area contributed by atoms with Crippen LogP contribution in [0.4, 0.5) is 10.5 Å². The molecule has 2 aliphatic heterocycles. The second kappa shape index (κ2) is 9.21. The number of carbonyl (C=O) groups is 1. The van der Waals surface area contributed by atoms with Gasteiger partial charge in [0.1, 0.15) is 5.72 Å². The van der Waals surface area contributed by atoms with Gasteiger partial charge in [-0.2, -0.15) is 4.31 Å². The lowest BCUT2D eigenvalue weighted by Gasteiger charge is -2.47. The smallest absolute Gasteiger partial charge is 0.322 e. The van der Waals surface area contributed by atoms with Crippen LogP contribution in [0, 0.1) is 5.92 Å². The molecule has 172 valence electrons. The van der Waals surface area contributed by atoms with Crippen LogP contribution in [-0.4, -0.2) is 55.1 Å². The van der Waals surface area contributed by atoms with Crippen LogP contribution >= 0.6 is 0 Å². The zero-order valence-corrected chi connectivity index (χ0v) is 19.4. The number of ether oxygens (including phenoxy) is 1. The summed E-state index contributed by atoms with van der Waals surface area (Å²) in [7, 11) is -3.70. The van der Waals surface area contributed by atoms with E-state index in [4.69, 9.17) is 4.74 Å². The Morgan fingerprint density at radius 2 is 1.75 bits per heavy atom. The number of hydrogen-bond donors (Lipinski definition) is 1. The Labute approximate surface area is 190 Å². The molecule has 0 aromatic heterocycles. The molecule has 0 aliphatic carbocycles. The van der Waals surface area contributed by atoms with Crippen molar-refractivity contribution in [3.05, 3.63) is 60.7 Å². The molecule has 2 amide bonds. The molecule has 2 saturated heterocycles. The fourth-order valence-electron chi connectivity index (χ4n) is 4.81. The first kappa shape index (κ1) is 22.8. The van der Waals surface area contributed by atoms with Gasteiger partial charge >= 0.3 is 6.03 Å². The number of urea groups is 1. The molecule has 32 heavy (non-hydrogen) atoms. The van der Waals surface area contributed by atoms with Crippen molar-refractivity contribution in [3.63, 3.8) is 0 Å². The number of carbonyl (C=O) groups excluding carboxylic acids is 1. The second-order valence-corrected chi connectivity index (χ2v) is 10.8. The van der Waals surface area contributed by atoms with Crippen LogP contribution in [0.3, 0.4) is 0 Å². The Balaban J connectivity index is 1.58. The van der Waals surface area contributed by atoms with Crippen molar-refractivity contribution < 1.29 is 17.9 Å². The van der Waals surface area contributed by atoms with Crippen LogP contribution in [0.25, 0.3) is 0 Å². The van der Waals surface area contributed by atoms with Gasteiger partial charge < -0.3 is 15.0 Å². The Morgan fingerprint density at radius 1 is 1.09 bits per heavy atom. The Bertz CT molecular complexity index is 1030. The summed E-state index contributed by atoms with van der Waals surface area (Å²) < 4.78 is 34.6. The fourth-order valence-corrected chi connectivity index (χ4v) is 6.53. The van der Waals surface area contributed by atoms with Crippen LogP contribution < -0.4 is 5.32 Å². The number of hydrogen-bond acceptors (Lipinski definition) is 4. The van der Waals surface area contributed by atoms with E-state index in [1.807, 2.05) is 35.2 Å². The molecule has 0 bridgehead atoms. The van der Waals surface area contributed by atoms with E-state index >= 15 is 0 Å². The highest BCUT2D eigenvalue weighted by Gasteiger charge is 2.53. The fraction of sp³-hybridized carbons (Fsp3) is 0.458. The topological polar surface area (TPSA) is 79.0 Å². The van der Waals surface area contributed by atoms with Crippen molar-refractivity contribution in [1.29, 1.82) is 0 Å². The van der Waals surface area contributed by atoms with Crippen molar-refractivity contribution in [3.8, 4) is 0 Å². The summed E-state index contributed by atoms with van der Waals surface area (Å²) in [6, 6.07) is 17.6. The highest BCUT2D eigenvalue weighted by molar-refractivity contribution is 7.89. The molecular weight excluding hydrogens is 426 g/mol. The average Bonchev–Trinajstić information content (AvgIpc) is 3.18. The minimum absolute atomic E-state index is 0.126. The highest BCUT2D eigenvalue weighted by atomic mass is 32.2. The number of benzene rings is 2. The first-order chi connectivity index (χ1) is 15.3. The lowest BCUT2D eigenvalue weighted by Crippen LogP contribution is -2.60.